The Bertz CT molecular complexity index is 385. The number of carbonyl (C=O) groups is 2. The van der Waals surface area contributed by atoms with Crippen LogP contribution in [0.2, 0.25) is 0 Å². The molecule has 28 heavy (non-hydrogen) atoms. The number of methoxy groups -OCH3 is 1. The van der Waals surface area contributed by atoms with Gasteiger partial charge in [0.2, 0.25) is 11.8 Å². The molecule has 8 nitrogen and oxygen atoms in total. The number of hydrogen-bond acceptors (Lipinski definition) is 6. The first-order chi connectivity index (χ1) is 13.7. The first-order valence-electron chi connectivity index (χ1n) is 10.6. The Morgan fingerprint density at radius 1 is 1.00 bits per heavy atom. The van der Waals surface area contributed by atoms with Crippen molar-refractivity contribution >= 4 is 11.8 Å². The lowest BCUT2D eigenvalue weighted by atomic mass is 10.0. The number of unbranched alkanes of at least 4 members (excludes halogenated alkanes) is 4. The molecule has 0 aromatic heterocycles. The van der Waals surface area contributed by atoms with Crippen LogP contribution in [0.4, 0.5) is 0 Å². The molecule has 0 saturated carbocycles. The lowest BCUT2D eigenvalue weighted by Gasteiger charge is -2.34. The average Bonchev–Trinajstić information content (AvgIpc) is 2.72. The molecule has 1 aliphatic rings. The first kappa shape index (κ1) is 24.8. The summed E-state index contributed by atoms with van der Waals surface area (Å²) in [5.74, 6) is -0.170. The Kier molecular flexibility index (Phi) is 14.8. The summed E-state index contributed by atoms with van der Waals surface area (Å²) in [7, 11) is 1.62. The van der Waals surface area contributed by atoms with Crippen molar-refractivity contribution in [2.24, 2.45) is 5.73 Å². The molecule has 0 aliphatic carbocycles. The maximum Gasteiger partial charge on any atom is 0.249 e. The first-order valence-corrected chi connectivity index (χ1v) is 10.6. The summed E-state index contributed by atoms with van der Waals surface area (Å²) in [6, 6.07) is -0.375. The largest absolute Gasteiger partial charge is 0.382 e. The SMILES string of the molecule is COCCOCCOCC(=O)N1CCCCC1C(=O)NCCCCCCCN. The van der Waals surface area contributed by atoms with Gasteiger partial charge in [-0.3, -0.25) is 9.59 Å². The van der Waals surface area contributed by atoms with Gasteiger partial charge in [-0.05, 0) is 38.6 Å². The van der Waals surface area contributed by atoms with Gasteiger partial charge in [0, 0.05) is 20.2 Å². The van der Waals surface area contributed by atoms with E-state index in [0.29, 0.717) is 45.9 Å². The Morgan fingerprint density at radius 2 is 1.71 bits per heavy atom. The van der Waals surface area contributed by atoms with E-state index in [1.165, 1.54) is 0 Å². The van der Waals surface area contributed by atoms with Crippen LogP contribution in [0.15, 0.2) is 0 Å². The number of nitrogens with one attached hydrogen (secondary N) is 1. The average molecular weight is 402 g/mol. The van der Waals surface area contributed by atoms with Gasteiger partial charge in [0.05, 0.1) is 26.4 Å². The Morgan fingerprint density at radius 3 is 2.50 bits per heavy atom. The second-order valence-electron chi connectivity index (χ2n) is 7.10. The third-order valence-electron chi connectivity index (χ3n) is 4.84. The fraction of sp³-hybridized carbons (Fsp3) is 0.900. The summed E-state index contributed by atoms with van der Waals surface area (Å²) in [6.45, 7) is 3.83. The topological polar surface area (TPSA) is 103 Å². The van der Waals surface area contributed by atoms with Crippen LogP contribution in [-0.4, -0.2) is 82.5 Å². The van der Waals surface area contributed by atoms with Gasteiger partial charge >= 0.3 is 0 Å². The van der Waals surface area contributed by atoms with Crippen LogP contribution in [0, 0.1) is 0 Å². The highest BCUT2D eigenvalue weighted by Crippen LogP contribution is 2.17. The number of amides is 2. The summed E-state index contributed by atoms with van der Waals surface area (Å²) < 4.78 is 15.6. The number of ether oxygens (including phenoxy) is 3. The molecule has 1 rings (SSSR count). The highest BCUT2D eigenvalue weighted by molar-refractivity contribution is 5.88. The highest BCUT2D eigenvalue weighted by Gasteiger charge is 2.31. The van der Waals surface area contributed by atoms with E-state index in [4.69, 9.17) is 19.9 Å². The van der Waals surface area contributed by atoms with E-state index in [2.05, 4.69) is 5.32 Å². The zero-order valence-electron chi connectivity index (χ0n) is 17.5. The van der Waals surface area contributed by atoms with Gasteiger partial charge in [-0.25, -0.2) is 0 Å². The molecule has 1 atom stereocenters. The molecule has 0 spiro atoms. The van der Waals surface area contributed by atoms with E-state index < -0.39 is 0 Å². The van der Waals surface area contributed by atoms with Crippen LogP contribution in [0.3, 0.4) is 0 Å². The summed E-state index contributed by atoms with van der Waals surface area (Å²) in [5, 5.41) is 2.99. The Labute approximate surface area is 169 Å². The van der Waals surface area contributed by atoms with Crippen molar-refractivity contribution in [3.05, 3.63) is 0 Å². The lowest BCUT2D eigenvalue weighted by molar-refractivity contribution is -0.146. The molecular weight excluding hydrogens is 362 g/mol. The number of rotatable bonds is 16. The number of likely N-dealkylation sites (tertiary alicyclic amines) is 1. The van der Waals surface area contributed by atoms with Crippen LogP contribution < -0.4 is 11.1 Å². The zero-order valence-corrected chi connectivity index (χ0v) is 17.5. The molecule has 2 amide bonds. The minimum atomic E-state index is -0.375. The normalized spacial score (nSPS) is 16.9. The molecule has 3 N–H and O–H groups in total. The third-order valence-corrected chi connectivity index (χ3v) is 4.84. The molecule has 0 radical (unpaired) electrons. The predicted molar refractivity (Wildman–Crippen MR) is 108 cm³/mol. The third kappa shape index (κ3) is 10.9. The van der Waals surface area contributed by atoms with Gasteiger partial charge in [-0.15, -0.1) is 0 Å². The van der Waals surface area contributed by atoms with Crippen molar-refractivity contribution in [3.8, 4) is 0 Å². The van der Waals surface area contributed by atoms with E-state index in [9.17, 15) is 9.59 Å². The van der Waals surface area contributed by atoms with Crippen LogP contribution in [-0.2, 0) is 23.8 Å². The van der Waals surface area contributed by atoms with Crippen LogP contribution >= 0.6 is 0 Å². The fourth-order valence-electron chi connectivity index (χ4n) is 3.24. The monoisotopic (exact) mass is 401 g/mol. The standard InChI is InChI=1S/C20H39N3O5/c1-26-13-14-27-15-16-28-17-19(24)23-12-8-5-9-18(23)20(25)22-11-7-4-2-3-6-10-21/h18H,2-17,21H2,1H3,(H,22,25). The van der Waals surface area contributed by atoms with Crippen LogP contribution in [0.25, 0.3) is 0 Å². The summed E-state index contributed by atoms with van der Waals surface area (Å²) >= 11 is 0. The second kappa shape index (κ2) is 16.7. The van der Waals surface area contributed by atoms with Gasteiger partial charge in [0.15, 0.2) is 0 Å². The number of nitrogens with zero attached hydrogens (tertiary/aromatic N) is 1. The molecule has 0 aromatic rings. The summed E-state index contributed by atoms with van der Waals surface area (Å²) in [6.07, 6.45) is 8.02. The molecule has 164 valence electrons. The maximum absolute atomic E-state index is 12.5. The van der Waals surface area contributed by atoms with E-state index in [-0.39, 0.29) is 24.5 Å². The molecule has 1 heterocycles. The van der Waals surface area contributed by atoms with E-state index in [1.54, 1.807) is 12.0 Å². The Balaban J connectivity index is 2.23. The van der Waals surface area contributed by atoms with Gasteiger partial charge in [-0.1, -0.05) is 19.3 Å². The molecule has 0 bridgehead atoms. The van der Waals surface area contributed by atoms with Crippen molar-refractivity contribution < 1.29 is 23.8 Å². The van der Waals surface area contributed by atoms with E-state index >= 15 is 0 Å². The molecule has 1 unspecified atom stereocenters. The lowest BCUT2D eigenvalue weighted by Crippen LogP contribution is -2.53. The number of carbonyl (C=O) groups excluding carboxylic acids is 2. The minimum absolute atomic E-state index is 0.0153. The van der Waals surface area contributed by atoms with E-state index in [1.807, 2.05) is 0 Å². The van der Waals surface area contributed by atoms with Gasteiger partial charge < -0.3 is 30.2 Å². The van der Waals surface area contributed by atoms with Crippen molar-refractivity contribution in [1.29, 1.82) is 0 Å². The molecule has 1 aliphatic heterocycles. The second-order valence-corrected chi connectivity index (χ2v) is 7.10. The van der Waals surface area contributed by atoms with Crippen molar-refractivity contribution in [3.63, 3.8) is 0 Å². The zero-order chi connectivity index (χ0) is 20.5. The smallest absolute Gasteiger partial charge is 0.249 e. The molecule has 1 saturated heterocycles. The molecule has 1 fully saturated rings. The quantitative estimate of drug-likeness (QED) is 0.375. The predicted octanol–water partition coefficient (Wildman–Crippen LogP) is 1.07. The maximum atomic E-state index is 12.5. The number of hydrogen-bond donors (Lipinski definition) is 2. The van der Waals surface area contributed by atoms with Gasteiger partial charge in [0.1, 0.15) is 12.6 Å². The van der Waals surface area contributed by atoms with Gasteiger partial charge in [-0.2, -0.15) is 0 Å². The van der Waals surface area contributed by atoms with Crippen LogP contribution in [0.1, 0.15) is 51.4 Å². The number of nitrogens with two attached hydrogens (primary N) is 1. The highest BCUT2D eigenvalue weighted by atomic mass is 16.5. The fourth-order valence-corrected chi connectivity index (χ4v) is 3.24. The Hall–Kier alpha value is -1.22. The van der Waals surface area contributed by atoms with Crippen molar-refractivity contribution in [2.45, 2.75) is 57.4 Å². The van der Waals surface area contributed by atoms with E-state index in [0.717, 1.165) is 51.5 Å². The van der Waals surface area contributed by atoms with Crippen molar-refractivity contribution in [2.75, 3.05) is 59.8 Å². The van der Waals surface area contributed by atoms with Gasteiger partial charge in [0.25, 0.3) is 0 Å². The van der Waals surface area contributed by atoms with Crippen LogP contribution in [0.5, 0.6) is 0 Å². The minimum Gasteiger partial charge on any atom is -0.382 e. The molecule has 0 aromatic carbocycles. The molecule has 8 heteroatoms. The number of piperidine rings is 1. The molecular formula is C20H39N3O5. The van der Waals surface area contributed by atoms with Crippen molar-refractivity contribution in [1.82, 2.24) is 10.2 Å². The summed E-state index contributed by atoms with van der Waals surface area (Å²) in [5.41, 5.74) is 5.48. The summed E-state index contributed by atoms with van der Waals surface area (Å²) in [4.78, 5) is 26.7.